The van der Waals surface area contributed by atoms with Gasteiger partial charge in [-0.15, -0.1) is 0 Å². The lowest BCUT2D eigenvalue weighted by Crippen LogP contribution is -2.15. The fourth-order valence-corrected chi connectivity index (χ4v) is 2.17. The molecule has 0 amide bonds. The molecule has 0 saturated carbocycles. The number of aliphatic hydroxyl groups is 1. The van der Waals surface area contributed by atoms with Gasteiger partial charge in [0.2, 0.25) is 0 Å². The number of halogens is 1. The first kappa shape index (κ1) is 13.1. The van der Waals surface area contributed by atoms with Gasteiger partial charge in [0.25, 0.3) is 0 Å². The van der Waals surface area contributed by atoms with Gasteiger partial charge in [0, 0.05) is 22.6 Å². The predicted octanol–water partition coefficient (Wildman–Crippen LogP) is 3.30. The monoisotopic (exact) mass is 306 g/mol. The van der Waals surface area contributed by atoms with Gasteiger partial charge in [0.05, 0.1) is 12.6 Å². The number of hydrogen-bond donors (Lipinski definition) is 2. The highest BCUT2D eigenvalue weighted by molar-refractivity contribution is 9.10. The van der Waals surface area contributed by atoms with Gasteiger partial charge < -0.3 is 10.4 Å². The van der Waals surface area contributed by atoms with E-state index in [-0.39, 0.29) is 12.6 Å². The standard InChI is InChI=1S/C14H15BrN2O/c1-10-3-2-4-13(5-10)17-14(9-18)11-6-12(15)8-16-7-11/h2-8,14,17-18H,9H2,1H3. The Morgan fingerprint density at radius 3 is 2.83 bits per heavy atom. The van der Waals surface area contributed by atoms with E-state index in [0.717, 1.165) is 15.7 Å². The van der Waals surface area contributed by atoms with Crippen molar-refractivity contribution in [3.05, 3.63) is 58.3 Å². The third-order valence-electron chi connectivity index (χ3n) is 2.67. The van der Waals surface area contributed by atoms with Gasteiger partial charge in [0.15, 0.2) is 0 Å². The van der Waals surface area contributed by atoms with E-state index in [1.807, 2.05) is 37.3 Å². The number of nitrogens with one attached hydrogen (secondary N) is 1. The molecule has 2 rings (SSSR count). The fourth-order valence-electron chi connectivity index (χ4n) is 1.79. The molecule has 1 aromatic carbocycles. The van der Waals surface area contributed by atoms with Crippen LogP contribution >= 0.6 is 15.9 Å². The number of pyridine rings is 1. The Morgan fingerprint density at radius 1 is 1.33 bits per heavy atom. The summed E-state index contributed by atoms with van der Waals surface area (Å²) in [7, 11) is 0. The van der Waals surface area contributed by atoms with Gasteiger partial charge >= 0.3 is 0 Å². The van der Waals surface area contributed by atoms with Crippen LogP contribution in [-0.2, 0) is 0 Å². The lowest BCUT2D eigenvalue weighted by Gasteiger charge is -2.18. The van der Waals surface area contributed by atoms with Gasteiger partial charge in [-0.2, -0.15) is 0 Å². The number of benzene rings is 1. The van der Waals surface area contributed by atoms with Crippen LogP contribution in [0.5, 0.6) is 0 Å². The summed E-state index contributed by atoms with van der Waals surface area (Å²) >= 11 is 3.38. The molecule has 0 aliphatic heterocycles. The molecule has 0 bridgehead atoms. The van der Waals surface area contributed by atoms with Gasteiger partial charge in [-0.25, -0.2) is 0 Å². The first-order valence-corrected chi connectivity index (χ1v) is 6.53. The number of nitrogens with zero attached hydrogens (tertiary/aromatic N) is 1. The molecule has 0 saturated heterocycles. The summed E-state index contributed by atoms with van der Waals surface area (Å²) in [6.45, 7) is 2.06. The molecule has 2 N–H and O–H groups in total. The molecule has 1 unspecified atom stereocenters. The molecule has 3 nitrogen and oxygen atoms in total. The zero-order valence-corrected chi connectivity index (χ0v) is 11.7. The predicted molar refractivity (Wildman–Crippen MR) is 76.6 cm³/mol. The van der Waals surface area contributed by atoms with Crippen molar-refractivity contribution in [2.24, 2.45) is 0 Å². The van der Waals surface area contributed by atoms with E-state index in [2.05, 4.69) is 26.2 Å². The van der Waals surface area contributed by atoms with Crippen molar-refractivity contribution in [3.8, 4) is 0 Å². The van der Waals surface area contributed by atoms with E-state index < -0.39 is 0 Å². The molecular weight excluding hydrogens is 292 g/mol. The Bertz CT molecular complexity index is 531. The third kappa shape index (κ3) is 3.31. The Balaban J connectivity index is 2.19. The summed E-state index contributed by atoms with van der Waals surface area (Å²) in [6.07, 6.45) is 3.49. The quantitative estimate of drug-likeness (QED) is 0.911. The average Bonchev–Trinajstić information content (AvgIpc) is 2.36. The van der Waals surface area contributed by atoms with Gasteiger partial charge in [-0.05, 0) is 52.2 Å². The van der Waals surface area contributed by atoms with E-state index in [0.29, 0.717) is 0 Å². The maximum absolute atomic E-state index is 9.50. The van der Waals surface area contributed by atoms with Crippen LogP contribution < -0.4 is 5.32 Å². The molecular formula is C14H15BrN2O. The molecule has 94 valence electrons. The minimum absolute atomic E-state index is 0.0199. The van der Waals surface area contributed by atoms with E-state index in [1.54, 1.807) is 12.4 Å². The molecule has 1 aromatic heterocycles. The van der Waals surface area contributed by atoms with Crippen LogP contribution in [0.15, 0.2) is 47.2 Å². The zero-order valence-electron chi connectivity index (χ0n) is 10.1. The van der Waals surface area contributed by atoms with Crippen molar-refractivity contribution < 1.29 is 5.11 Å². The summed E-state index contributed by atoms with van der Waals surface area (Å²) in [5.74, 6) is 0. The third-order valence-corrected chi connectivity index (χ3v) is 3.10. The first-order chi connectivity index (χ1) is 8.69. The molecule has 18 heavy (non-hydrogen) atoms. The van der Waals surface area contributed by atoms with Gasteiger partial charge in [0.1, 0.15) is 0 Å². The number of aliphatic hydroxyl groups excluding tert-OH is 1. The van der Waals surface area contributed by atoms with Crippen molar-refractivity contribution in [1.82, 2.24) is 4.98 Å². The molecule has 0 aliphatic rings. The highest BCUT2D eigenvalue weighted by atomic mass is 79.9. The van der Waals surface area contributed by atoms with Gasteiger partial charge in [-0.3, -0.25) is 4.98 Å². The second kappa shape index (κ2) is 5.98. The Morgan fingerprint density at radius 2 is 2.17 bits per heavy atom. The maximum atomic E-state index is 9.50. The number of anilines is 1. The van der Waals surface area contributed by atoms with Crippen molar-refractivity contribution >= 4 is 21.6 Å². The lowest BCUT2D eigenvalue weighted by atomic mass is 10.1. The van der Waals surface area contributed by atoms with Crippen LogP contribution in [0.4, 0.5) is 5.69 Å². The highest BCUT2D eigenvalue weighted by Gasteiger charge is 2.10. The van der Waals surface area contributed by atoms with E-state index in [9.17, 15) is 5.11 Å². The zero-order chi connectivity index (χ0) is 13.0. The molecule has 0 spiro atoms. The minimum Gasteiger partial charge on any atom is -0.394 e. The van der Waals surface area contributed by atoms with Crippen LogP contribution in [0, 0.1) is 6.92 Å². The number of rotatable bonds is 4. The van der Waals surface area contributed by atoms with Crippen LogP contribution in [0.3, 0.4) is 0 Å². The summed E-state index contributed by atoms with van der Waals surface area (Å²) in [5, 5.41) is 12.8. The Hall–Kier alpha value is -1.39. The Labute approximate surface area is 115 Å². The summed E-state index contributed by atoms with van der Waals surface area (Å²) < 4.78 is 0.907. The van der Waals surface area contributed by atoms with Crippen LogP contribution in [0.25, 0.3) is 0 Å². The second-order valence-corrected chi connectivity index (χ2v) is 5.10. The normalized spacial score (nSPS) is 12.2. The van der Waals surface area contributed by atoms with Crippen molar-refractivity contribution in [2.45, 2.75) is 13.0 Å². The summed E-state index contributed by atoms with van der Waals surface area (Å²) in [5.41, 5.74) is 3.13. The number of hydrogen-bond acceptors (Lipinski definition) is 3. The van der Waals surface area contributed by atoms with E-state index in [1.165, 1.54) is 5.56 Å². The average molecular weight is 307 g/mol. The SMILES string of the molecule is Cc1cccc(NC(CO)c2cncc(Br)c2)c1. The number of aromatic nitrogens is 1. The number of aryl methyl sites for hydroxylation is 1. The maximum Gasteiger partial charge on any atom is 0.0760 e. The lowest BCUT2D eigenvalue weighted by molar-refractivity contribution is 0.276. The summed E-state index contributed by atoms with van der Waals surface area (Å²) in [4.78, 5) is 4.11. The van der Waals surface area contributed by atoms with Gasteiger partial charge in [-0.1, -0.05) is 12.1 Å². The molecule has 4 heteroatoms. The topological polar surface area (TPSA) is 45.1 Å². The Kier molecular flexibility index (Phi) is 4.33. The van der Waals surface area contributed by atoms with Crippen LogP contribution in [0.2, 0.25) is 0 Å². The second-order valence-electron chi connectivity index (χ2n) is 4.19. The highest BCUT2D eigenvalue weighted by Crippen LogP contribution is 2.21. The molecule has 1 heterocycles. The van der Waals surface area contributed by atoms with E-state index in [4.69, 9.17) is 0 Å². The van der Waals surface area contributed by atoms with Crippen molar-refractivity contribution in [2.75, 3.05) is 11.9 Å². The minimum atomic E-state index is -0.156. The van der Waals surface area contributed by atoms with Crippen LogP contribution in [0.1, 0.15) is 17.2 Å². The largest absolute Gasteiger partial charge is 0.394 e. The molecule has 0 aliphatic carbocycles. The summed E-state index contributed by atoms with van der Waals surface area (Å²) in [6, 6.07) is 9.87. The molecule has 0 fully saturated rings. The molecule has 0 radical (unpaired) electrons. The molecule has 2 aromatic rings. The van der Waals surface area contributed by atoms with Crippen molar-refractivity contribution in [3.63, 3.8) is 0 Å². The first-order valence-electron chi connectivity index (χ1n) is 5.73. The smallest absolute Gasteiger partial charge is 0.0760 e. The van der Waals surface area contributed by atoms with Crippen molar-refractivity contribution in [1.29, 1.82) is 0 Å². The van der Waals surface area contributed by atoms with Crippen LogP contribution in [-0.4, -0.2) is 16.7 Å². The molecule has 1 atom stereocenters. The van der Waals surface area contributed by atoms with E-state index >= 15 is 0 Å². The fraction of sp³-hybridized carbons (Fsp3) is 0.214.